The van der Waals surface area contributed by atoms with Crippen molar-refractivity contribution in [1.82, 2.24) is 4.98 Å². The van der Waals surface area contributed by atoms with E-state index in [0.717, 1.165) is 15.8 Å². The lowest BCUT2D eigenvalue weighted by Crippen LogP contribution is -2.21. The third kappa shape index (κ3) is 4.57. The number of hydrogen-bond donors (Lipinski definition) is 1. The molecule has 1 aromatic heterocycles. The molecule has 0 saturated carbocycles. The monoisotopic (exact) mass is 416 g/mol. The summed E-state index contributed by atoms with van der Waals surface area (Å²) in [5.74, 6) is -0.222. The number of hydrogen-bond acceptors (Lipinski definition) is 8. The average molecular weight is 416 g/mol. The van der Waals surface area contributed by atoms with Gasteiger partial charge >= 0.3 is 5.97 Å². The van der Waals surface area contributed by atoms with Crippen molar-refractivity contribution in [1.29, 1.82) is 0 Å². The molecule has 0 unspecified atom stereocenters. The quantitative estimate of drug-likeness (QED) is 0.590. The second kappa shape index (κ2) is 8.78. The number of fused-ring (bicyclic) bond motifs is 1. The summed E-state index contributed by atoms with van der Waals surface area (Å²) in [6, 6.07) is 8.78. The van der Waals surface area contributed by atoms with E-state index in [9.17, 15) is 9.59 Å². The zero-order valence-corrected chi connectivity index (χ0v) is 17.2. The van der Waals surface area contributed by atoms with Gasteiger partial charge in [0.2, 0.25) is 0 Å². The van der Waals surface area contributed by atoms with Crippen molar-refractivity contribution < 1.29 is 28.5 Å². The van der Waals surface area contributed by atoms with E-state index in [1.54, 1.807) is 0 Å². The SMILES string of the molecule is COc1cc(OC)c(C(=O)OCC(=O)Nc2nc3ccc(C)cc3s2)cc1OC. The Morgan fingerprint density at radius 1 is 1.00 bits per heavy atom. The molecule has 0 fully saturated rings. The summed E-state index contributed by atoms with van der Waals surface area (Å²) in [5.41, 5.74) is 2.02. The molecule has 152 valence electrons. The number of amides is 1. The molecule has 29 heavy (non-hydrogen) atoms. The normalized spacial score (nSPS) is 10.5. The Balaban J connectivity index is 1.67. The molecular weight excluding hydrogens is 396 g/mol. The fourth-order valence-electron chi connectivity index (χ4n) is 2.64. The highest BCUT2D eigenvalue weighted by atomic mass is 32.1. The number of carbonyl (C=O) groups is 2. The summed E-state index contributed by atoms with van der Waals surface area (Å²) in [6.45, 7) is 1.52. The Morgan fingerprint density at radius 3 is 2.38 bits per heavy atom. The molecule has 0 aliphatic heterocycles. The van der Waals surface area contributed by atoms with E-state index in [4.69, 9.17) is 18.9 Å². The number of nitrogens with zero attached hydrogens (tertiary/aromatic N) is 1. The third-order valence-electron chi connectivity index (χ3n) is 4.05. The Labute approximate surface area is 171 Å². The summed E-state index contributed by atoms with van der Waals surface area (Å²) < 4.78 is 21.7. The van der Waals surface area contributed by atoms with E-state index >= 15 is 0 Å². The van der Waals surface area contributed by atoms with Gasteiger partial charge in [-0.3, -0.25) is 10.1 Å². The van der Waals surface area contributed by atoms with Gasteiger partial charge in [-0.15, -0.1) is 0 Å². The summed E-state index contributed by atoms with van der Waals surface area (Å²) in [7, 11) is 4.34. The Kier molecular flexibility index (Phi) is 6.18. The molecular formula is C20H20N2O6S. The lowest BCUT2D eigenvalue weighted by atomic mass is 10.1. The van der Waals surface area contributed by atoms with Crippen LogP contribution in [0.1, 0.15) is 15.9 Å². The van der Waals surface area contributed by atoms with E-state index in [2.05, 4.69) is 10.3 Å². The summed E-state index contributed by atoms with van der Waals surface area (Å²) in [6.07, 6.45) is 0. The van der Waals surface area contributed by atoms with Gasteiger partial charge in [0.05, 0.1) is 31.5 Å². The molecule has 9 heteroatoms. The maximum Gasteiger partial charge on any atom is 0.342 e. The van der Waals surface area contributed by atoms with E-state index in [0.29, 0.717) is 16.6 Å². The van der Waals surface area contributed by atoms with Crippen molar-refractivity contribution in [3.63, 3.8) is 0 Å². The number of anilines is 1. The van der Waals surface area contributed by atoms with Crippen LogP contribution in [0.3, 0.4) is 0 Å². The predicted octanol–water partition coefficient (Wildman–Crippen LogP) is 3.43. The van der Waals surface area contributed by atoms with E-state index in [1.165, 1.54) is 44.8 Å². The molecule has 0 saturated heterocycles. The van der Waals surface area contributed by atoms with Crippen LogP contribution in [0.15, 0.2) is 30.3 Å². The number of rotatable bonds is 7. The minimum absolute atomic E-state index is 0.119. The molecule has 1 amide bonds. The number of nitrogens with one attached hydrogen (secondary N) is 1. The molecule has 0 spiro atoms. The molecule has 0 radical (unpaired) electrons. The topological polar surface area (TPSA) is 96.0 Å². The van der Waals surface area contributed by atoms with Crippen LogP contribution >= 0.6 is 11.3 Å². The molecule has 0 aliphatic carbocycles. The smallest absolute Gasteiger partial charge is 0.342 e. The van der Waals surface area contributed by atoms with Crippen LogP contribution in [-0.4, -0.2) is 44.8 Å². The second-order valence-electron chi connectivity index (χ2n) is 6.02. The van der Waals surface area contributed by atoms with Crippen molar-refractivity contribution in [3.8, 4) is 17.2 Å². The first-order chi connectivity index (χ1) is 13.9. The minimum Gasteiger partial charge on any atom is -0.496 e. The van der Waals surface area contributed by atoms with Crippen molar-refractivity contribution in [3.05, 3.63) is 41.5 Å². The Hall–Kier alpha value is -3.33. The number of carbonyl (C=O) groups excluding carboxylic acids is 2. The molecule has 1 heterocycles. The van der Waals surface area contributed by atoms with Gasteiger partial charge < -0.3 is 18.9 Å². The number of aromatic nitrogens is 1. The highest BCUT2D eigenvalue weighted by molar-refractivity contribution is 7.22. The third-order valence-corrected chi connectivity index (χ3v) is 4.98. The zero-order chi connectivity index (χ0) is 21.0. The van der Waals surface area contributed by atoms with Crippen LogP contribution in [-0.2, 0) is 9.53 Å². The number of ether oxygens (including phenoxy) is 4. The van der Waals surface area contributed by atoms with Crippen molar-refractivity contribution in [2.75, 3.05) is 33.3 Å². The number of aryl methyl sites for hydroxylation is 1. The first kappa shape index (κ1) is 20.4. The number of methoxy groups -OCH3 is 3. The van der Waals surface area contributed by atoms with Gasteiger partial charge in [-0.1, -0.05) is 17.4 Å². The number of thiazole rings is 1. The van der Waals surface area contributed by atoms with Crippen LogP contribution in [0.4, 0.5) is 5.13 Å². The Bertz CT molecular complexity index is 1060. The molecule has 0 bridgehead atoms. The van der Waals surface area contributed by atoms with Crippen LogP contribution < -0.4 is 19.5 Å². The van der Waals surface area contributed by atoms with Gasteiger partial charge in [0.1, 0.15) is 11.3 Å². The first-order valence-electron chi connectivity index (χ1n) is 8.59. The molecule has 3 rings (SSSR count). The number of esters is 1. The van der Waals surface area contributed by atoms with Crippen LogP contribution in [0.25, 0.3) is 10.2 Å². The summed E-state index contributed by atoms with van der Waals surface area (Å²) in [5, 5.41) is 3.08. The Morgan fingerprint density at radius 2 is 1.69 bits per heavy atom. The fraction of sp³-hybridized carbons (Fsp3) is 0.250. The lowest BCUT2D eigenvalue weighted by molar-refractivity contribution is -0.119. The van der Waals surface area contributed by atoms with Crippen molar-refractivity contribution in [2.45, 2.75) is 6.92 Å². The standard InChI is InChI=1S/C20H20N2O6S/c1-11-5-6-13-17(7-11)29-20(21-13)22-18(23)10-28-19(24)12-8-15(26-3)16(27-4)9-14(12)25-2/h5-9H,10H2,1-4H3,(H,21,22,23). The van der Waals surface area contributed by atoms with Crippen molar-refractivity contribution in [2.24, 2.45) is 0 Å². The molecule has 3 aromatic rings. The van der Waals surface area contributed by atoms with E-state index in [1.807, 2.05) is 25.1 Å². The minimum atomic E-state index is -0.724. The van der Waals surface area contributed by atoms with E-state index < -0.39 is 18.5 Å². The summed E-state index contributed by atoms with van der Waals surface area (Å²) >= 11 is 1.35. The van der Waals surface area contributed by atoms with Crippen LogP contribution in [0.2, 0.25) is 0 Å². The predicted molar refractivity (Wildman–Crippen MR) is 109 cm³/mol. The van der Waals surface area contributed by atoms with Gasteiger partial charge in [0.15, 0.2) is 23.2 Å². The summed E-state index contributed by atoms with van der Waals surface area (Å²) in [4.78, 5) is 29.0. The maximum absolute atomic E-state index is 12.4. The zero-order valence-electron chi connectivity index (χ0n) is 16.4. The fourth-order valence-corrected chi connectivity index (χ4v) is 3.62. The molecule has 0 aliphatic rings. The van der Waals surface area contributed by atoms with Gasteiger partial charge in [-0.05, 0) is 24.6 Å². The molecule has 0 atom stereocenters. The van der Waals surface area contributed by atoms with Crippen LogP contribution in [0, 0.1) is 6.92 Å². The molecule has 2 aromatic carbocycles. The highest BCUT2D eigenvalue weighted by Crippen LogP contribution is 2.35. The van der Waals surface area contributed by atoms with E-state index in [-0.39, 0.29) is 11.3 Å². The maximum atomic E-state index is 12.4. The number of benzene rings is 2. The van der Waals surface area contributed by atoms with Crippen molar-refractivity contribution >= 4 is 38.6 Å². The molecule has 8 nitrogen and oxygen atoms in total. The highest BCUT2D eigenvalue weighted by Gasteiger charge is 2.20. The van der Waals surface area contributed by atoms with Gasteiger partial charge in [-0.25, -0.2) is 9.78 Å². The van der Waals surface area contributed by atoms with Gasteiger partial charge in [-0.2, -0.15) is 0 Å². The molecule has 1 N–H and O–H groups in total. The first-order valence-corrected chi connectivity index (χ1v) is 9.41. The average Bonchev–Trinajstić information content (AvgIpc) is 3.11. The van der Waals surface area contributed by atoms with Crippen LogP contribution in [0.5, 0.6) is 17.2 Å². The van der Waals surface area contributed by atoms with Gasteiger partial charge in [0.25, 0.3) is 5.91 Å². The largest absolute Gasteiger partial charge is 0.496 e. The second-order valence-corrected chi connectivity index (χ2v) is 7.05. The lowest BCUT2D eigenvalue weighted by Gasteiger charge is -2.13. The van der Waals surface area contributed by atoms with Gasteiger partial charge in [0, 0.05) is 12.1 Å².